The zero-order valence-electron chi connectivity index (χ0n) is 12.1. The van der Waals surface area contributed by atoms with E-state index in [1.54, 1.807) is 0 Å². The number of nitrogens with zero attached hydrogens (tertiary/aromatic N) is 1. The summed E-state index contributed by atoms with van der Waals surface area (Å²) in [7, 11) is 0. The number of rotatable bonds is 4. The highest BCUT2D eigenvalue weighted by Crippen LogP contribution is 2.27. The monoisotopic (exact) mass is 264 g/mol. The Hall–Kier alpha value is -1.26. The Labute approximate surface area is 115 Å². The van der Waals surface area contributed by atoms with Crippen molar-refractivity contribution in [3.8, 4) is 5.75 Å². The Balaban J connectivity index is 1.97. The van der Waals surface area contributed by atoms with Crippen LogP contribution in [0.5, 0.6) is 5.75 Å². The first kappa shape index (κ1) is 14.2. The average molecular weight is 264 g/mol. The fourth-order valence-electron chi connectivity index (χ4n) is 2.41. The molecule has 0 amide bonds. The number of morpholine rings is 1. The SMILES string of the molecule is CCN1CCOC(COc2c(C)ccc(N)c2C)C1. The predicted molar refractivity (Wildman–Crippen MR) is 77.7 cm³/mol. The number of ether oxygens (including phenoxy) is 2. The predicted octanol–water partition coefficient (Wildman–Crippen LogP) is 1.99. The van der Waals surface area contributed by atoms with Crippen molar-refractivity contribution in [2.75, 3.05) is 38.6 Å². The van der Waals surface area contributed by atoms with Crippen LogP contribution in [0.1, 0.15) is 18.1 Å². The van der Waals surface area contributed by atoms with Gasteiger partial charge < -0.3 is 15.2 Å². The fraction of sp³-hybridized carbons (Fsp3) is 0.600. The van der Waals surface area contributed by atoms with Gasteiger partial charge in [0.15, 0.2) is 0 Å². The minimum absolute atomic E-state index is 0.147. The molecule has 1 heterocycles. The summed E-state index contributed by atoms with van der Waals surface area (Å²) in [5.74, 6) is 0.900. The van der Waals surface area contributed by atoms with E-state index < -0.39 is 0 Å². The summed E-state index contributed by atoms with van der Waals surface area (Å²) in [4.78, 5) is 2.39. The van der Waals surface area contributed by atoms with Crippen LogP contribution in [-0.2, 0) is 4.74 Å². The second kappa shape index (κ2) is 6.26. The highest BCUT2D eigenvalue weighted by molar-refractivity contribution is 5.56. The first-order valence-corrected chi connectivity index (χ1v) is 6.94. The molecule has 1 aromatic rings. The number of anilines is 1. The molecule has 1 fully saturated rings. The van der Waals surface area contributed by atoms with Gasteiger partial charge in [0.05, 0.1) is 6.61 Å². The van der Waals surface area contributed by atoms with Crippen LogP contribution in [0.3, 0.4) is 0 Å². The van der Waals surface area contributed by atoms with E-state index in [0.717, 1.165) is 48.8 Å². The lowest BCUT2D eigenvalue weighted by Crippen LogP contribution is -2.44. The van der Waals surface area contributed by atoms with Gasteiger partial charge >= 0.3 is 0 Å². The summed E-state index contributed by atoms with van der Waals surface area (Å²) in [6, 6.07) is 3.92. The van der Waals surface area contributed by atoms with Crippen molar-refractivity contribution in [3.63, 3.8) is 0 Å². The first-order chi connectivity index (χ1) is 9.11. The molecule has 2 rings (SSSR count). The van der Waals surface area contributed by atoms with Crippen molar-refractivity contribution >= 4 is 5.69 Å². The molecule has 0 saturated carbocycles. The third kappa shape index (κ3) is 3.39. The third-order valence-corrected chi connectivity index (χ3v) is 3.73. The number of benzene rings is 1. The number of nitrogens with two attached hydrogens (primary N) is 1. The molecule has 1 unspecified atom stereocenters. The molecule has 0 spiro atoms. The second-order valence-corrected chi connectivity index (χ2v) is 5.12. The molecule has 4 nitrogen and oxygen atoms in total. The zero-order valence-corrected chi connectivity index (χ0v) is 12.1. The lowest BCUT2D eigenvalue weighted by atomic mass is 10.1. The number of hydrogen-bond donors (Lipinski definition) is 1. The second-order valence-electron chi connectivity index (χ2n) is 5.12. The Kier molecular flexibility index (Phi) is 4.66. The van der Waals surface area contributed by atoms with E-state index in [1.165, 1.54) is 0 Å². The van der Waals surface area contributed by atoms with Gasteiger partial charge in [0.1, 0.15) is 18.5 Å². The Morgan fingerprint density at radius 1 is 1.42 bits per heavy atom. The van der Waals surface area contributed by atoms with Gasteiger partial charge in [-0.25, -0.2) is 0 Å². The number of aryl methyl sites for hydroxylation is 1. The van der Waals surface area contributed by atoms with Gasteiger partial charge in [0.2, 0.25) is 0 Å². The molecule has 1 aliphatic heterocycles. The molecule has 1 atom stereocenters. The lowest BCUT2D eigenvalue weighted by molar-refractivity contribution is -0.0465. The van der Waals surface area contributed by atoms with Crippen LogP contribution in [0.4, 0.5) is 5.69 Å². The Bertz CT molecular complexity index is 434. The number of nitrogen functional groups attached to an aromatic ring is 1. The normalized spacial score (nSPS) is 20.5. The minimum Gasteiger partial charge on any atom is -0.490 e. The van der Waals surface area contributed by atoms with Crippen LogP contribution >= 0.6 is 0 Å². The van der Waals surface area contributed by atoms with Gasteiger partial charge in [-0.1, -0.05) is 13.0 Å². The fourth-order valence-corrected chi connectivity index (χ4v) is 2.41. The lowest BCUT2D eigenvalue weighted by Gasteiger charge is -2.32. The number of likely N-dealkylation sites (N-methyl/N-ethyl adjacent to an activating group) is 1. The summed E-state index contributed by atoms with van der Waals surface area (Å²) in [5, 5.41) is 0. The van der Waals surface area contributed by atoms with E-state index >= 15 is 0 Å². The van der Waals surface area contributed by atoms with Crippen molar-refractivity contribution in [2.24, 2.45) is 0 Å². The quantitative estimate of drug-likeness (QED) is 0.845. The number of hydrogen-bond acceptors (Lipinski definition) is 4. The van der Waals surface area contributed by atoms with Crippen molar-refractivity contribution in [1.29, 1.82) is 0 Å². The first-order valence-electron chi connectivity index (χ1n) is 6.94. The third-order valence-electron chi connectivity index (χ3n) is 3.73. The van der Waals surface area contributed by atoms with E-state index in [-0.39, 0.29) is 6.10 Å². The Morgan fingerprint density at radius 3 is 2.95 bits per heavy atom. The average Bonchev–Trinajstić information content (AvgIpc) is 2.43. The van der Waals surface area contributed by atoms with Crippen molar-refractivity contribution in [2.45, 2.75) is 26.9 Å². The molecule has 19 heavy (non-hydrogen) atoms. The van der Waals surface area contributed by atoms with Crippen molar-refractivity contribution in [3.05, 3.63) is 23.3 Å². The molecule has 1 aromatic carbocycles. The molecule has 1 aliphatic rings. The van der Waals surface area contributed by atoms with Gasteiger partial charge in [-0.2, -0.15) is 0 Å². The summed E-state index contributed by atoms with van der Waals surface area (Å²) >= 11 is 0. The van der Waals surface area contributed by atoms with Gasteiger partial charge in [-0.05, 0) is 32.0 Å². The minimum atomic E-state index is 0.147. The molecule has 0 bridgehead atoms. The van der Waals surface area contributed by atoms with Crippen LogP contribution in [0.2, 0.25) is 0 Å². The highest BCUT2D eigenvalue weighted by Gasteiger charge is 2.20. The van der Waals surface area contributed by atoms with Crippen LogP contribution in [0.25, 0.3) is 0 Å². The van der Waals surface area contributed by atoms with Crippen molar-refractivity contribution < 1.29 is 9.47 Å². The summed E-state index contributed by atoms with van der Waals surface area (Å²) in [5.41, 5.74) is 8.84. The molecular formula is C15H24N2O2. The van der Waals surface area contributed by atoms with Crippen LogP contribution in [-0.4, -0.2) is 43.9 Å². The van der Waals surface area contributed by atoms with E-state index in [4.69, 9.17) is 15.2 Å². The standard InChI is InChI=1S/C15H24N2O2/c1-4-17-7-8-18-13(9-17)10-19-15-11(2)5-6-14(16)12(15)3/h5-6,13H,4,7-10,16H2,1-3H3. The topological polar surface area (TPSA) is 47.7 Å². The summed E-state index contributed by atoms with van der Waals surface area (Å²) < 4.78 is 11.7. The smallest absolute Gasteiger partial charge is 0.127 e. The van der Waals surface area contributed by atoms with E-state index in [1.807, 2.05) is 26.0 Å². The van der Waals surface area contributed by atoms with Crippen LogP contribution in [0.15, 0.2) is 12.1 Å². The van der Waals surface area contributed by atoms with E-state index in [0.29, 0.717) is 6.61 Å². The van der Waals surface area contributed by atoms with Crippen molar-refractivity contribution in [1.82, 2.24) is 4.90 Å². The maximum absolute atomic E-state index is 5.95. The van der Waals surface area contributed by atoms with Gasteiger partial charge in [0.25, 0.3) is 0 Å². The summed E-state index contributed by atoms with van der Waals surface area (Å²) in [6.07, 6.45) is 0.147. The molecule has 0 aromatic heterocycles. The largest absolute Gasteiger partial charge is 0.490 e. The molecule has 0 aliphatic carbocycles. The van der Waals surface area contributed by atoms with Gasteiger partial charge in [0, 0.05) is 24.3 Å². The molecular weight excluding hydrogens is 240 g/mol. The van der Waals surface area contributed by atoms with Gasteiger partial charge in [-0.15, -0.1) is 0 Å². The van der Waals surface area contributed by atoms with Crippen LogP contribution in [0, 0.1) is 13.8 Å². The van der Waals surface area contributed by atoms with Crippen LogP contribution < -0.4 is 10.5 Å². The highest BCUT2D eigenvalue weighted by atomic mass is 16.5. The maximum atomic E-state index is 5.95. The van der Waals surface area contributed by atoms with E-state index in [2.05, 4.69) is 11.8 Å². The molecule has 0 radical (unpaired) electrons. The van der Waals surface area contributed by atoms with Gasteiger partial charge in [-0.3, -0.25) is 4.90 Å². The molecule has 4 heteroatoms. The maximum Gasteiger partial charge on any atom is 0.127 e. The summed E-state index contributed by atoms with van der Waals surface area (Å²) in [6.45, 7) is 10.6. The Morgan fingerprint density at radius 2 is 2.21 bits per heavy atom. The zero-order chi connectivity index (χ0) is 13.8. The molecule has 106 valence electrons. The van der Waals surface area contributed by atoms with E-state index in [9.17, 15) is 0 Å². The molecule has 2 N–H and O–H groups in total. The molecule has 1 saturated heterocycles.